The molecule has 6 heteroatoms. The first-order valence-corrected chi connectivity index (χ1v) is 7.17. The van der Waals surface area contributed by atoms with E-state index in [0.29, 0.717) is 11.9 Å². The van der Waals surface area contributed by atoms with Gasteiger partial charge >= 0.3 is 0 Å². The van der Waals surface area contributed by atoms with E-state index >= 15 is 0 Å². The van der Waals surface area contributed by atoms with Crippen molar-refractivity contribution in [2.45, 2.75) is 45.8 Å². The van der Waals surface area contributed by atoms with E-state index in [0.717, 1.165) is 35.8 Å². The second-order valence-electron chi connectivity index (χ2n) is 5.16. The van der Waals surface area contributed by atoms with E-state index in [1.54, 1.807) is 0 Å². The Morgan fingerprint density at radius 1 is 1.37 bits per heavy atom. The largest absolute Gasteiger partial charge is 0.310 e. The molecule has 0 amide bonds. The van der Waals surface area contributed by atoms with Crippen LogP contribution in [0.25, 0.3) is 11.2 Å². The topological polar surface area (TPSA) is 38.9 Å². The van der Waals surface area contributed by atoms with Gasteiger partial charge in [0.1, 0.15) is 11.3 Å². The van der Waals surface area contributed by atoms with Gasteiger partial charge in [0.05, 0.1) is 11.6 Å². The molecule has 19 heavy (non-hydrogen) atoms. The summed E-state index contributed by atoms with van der Waals surface area (Å²) >= 11 is 6.04. The first kappa shape index (κ1) is 14.3. The Labute approximate surface area is 119 Å². The maximum atomic E-state index is 6.04. The van der Waals surface area contributed by atoms with Gasteiger partial charge in [0.15, 0.2) is 5.65 Å². The normalized spacial score (nSPS) is 13.6. The summed E-state index contributed by atoms with van der Waals surface area (Å²) in [5.74, 6) is 1.35. The first-order chi connectivity index (χ1) is 8.99. The van der Waals surface area contributed by atoms with Gasteiger partial charge in [-0.25, -0.2) is 9.67 Å². The number of alkyl halides is 1. The zero-order valence-electron chi connectivity index (χ0n) is 12.3. The van der Waals surface area contributed by atoms with Gasteiger partial charge in [-0.15, -0.1) is 11.6 Å². The van der Waals surface area contributed by atoms with Crippen LogP contribution in [0.2, 0.25) is 0 Å². The summed E-state index contributed by atoms with van der Waals surface area (Å²) in [6.45, 7) is 8.01. The van der Waals surface area contributed by atoms with Gasteiger partial charge in [0.25, 0.3) is 0 Å². The Kier molecular flexibility index (Phi) is 4.16. The predicted molar refractivity (Wildman–Crippen MR) is 78.6 cm³/mol. The lowest BCUT2D eigenvalue weighted by atomic mass is 10.3. The molecule has 1 atom stereocenters. The number of imidazole rings is 1. The van der Waals surface area contributed by atoms with Gasteiger partial charge in [-0.3, -0.25) is 0 Å². The molecule has 0 radical (unpaired) electrons. The predicted octanol–water partition coefficient (Wildman–Crippen LogP) is 2.25. The summed E-state index contributed by atoms with van der Waals surface area (Å²) in [5.41, 5.74) is 3.03. The molecular weight excluding hydrogens is 262 g/mol. The van der Waals surface area contributed by atoms with Gasteiger partial charge in [-0.1, -0.05) is 0 Å². The molecule has 1 unspecified atom stereocenters. The number of rotatable bonds is 5. The number of fused-ring (bicyclic) bond motifs is 1. The number of aromatic nitrogens is 4. The van der Waals surface area contributed by atoms with Crippen molar-refractivity contribution in [3.05, 3.63) is 11.5 Å². The van der Waals surface area contributed by atoms with Crippen molar-refractivity contribution in [2.24, 2.45) is 0 Å². The molecule has 2 heterocycles. The third-order valence-electron chi connectivity index (χ3n) is 3.63. The second kappa shape index (κ2) is 5.51. The third kappa shape index (κ3) is 2.49. The SMILES string of the molecule is CCn1nc(C)c2nc(CCl)n(CC(C)N(C)C)c21. The summed E-state index contributed by atoms with van der Waals surface area (Å²) in [6.07, 6.45) is 0. The zero-order chi connectivity index (χ0) is 14.2. The number of likely N-dealkylation sites (N-methyl/N-ethyl adjacent to an activating group) is 1. The fourth-order valence-corrected chi connectivity index (χ4v) is 2.42. The molecule has 106 valence electrons. The average Bonchev–Trinajstić information content (AvgIpc) is 2.88. The lowest BCUT2D eigenvalue weighted by Gasteiger charge is -2.21. The van der Waals surface area contributed by atoms with Crippen molar-refractivity contribution in [1.82, 2.24) is 24.2 Å². The van der Waals surface area contributed by atoms with E-state index in [-0.39, 0.29) is 0 Å². The molecular formula is C13H22ClN5. The van der Waals surface area contributed by atoms with Crippen molar-refractivity contribution in [3.63, 3.8) is 0 Å². The van der Waals surface area contributed by atoms with Crippen molar-refractivity contribution in [2.75, 3.05) is 14.1 Å². The van der Waals surface area contributed by atoms with Crippen LogP contribution in [0.4, 0.5) is 0 Å². The molecule has 0 aliphatic carbocycles. The molecule has 0 spiro atoms. The van der Waals surface area contributed by atoms with Gasteiger partial charge in [-0.2, -0.15) is 5.10 Å². The summed E-state index contributed by atoms with van der Waals surface area (Å²) in [5, 5.41) is 4.53. The van der Waals surface area contributed by atoms with Crippen LogP contribution in [0.3, 0.4) is 0 Å². The quantitative estimate of drug-likeness (QED) is 0.790. The van der Waals surface area contributed by atoms with Crippen molar-refractivity contribution < 1.29 is 0 Å². The minimum atomic E-state index is 0.417. The highest BCUT2D eigenvalue weighted by molar-refractivity contribution is 6.16. The summed E-state index contributed by atoms with van der Waals surface area (Å²) in [4.78, 5) is 6.84. The second-order valence-corrected chi connectivity index (χ2v) is 5.43. The van der Waals surface area contributed by atoms with E-state index < -0.39 is 0 Å². The van der Waals surface area contributed by atoms with Gasteiger partial charge < -0.3 is 9.47 Å². The molecule has 0 fully saturated rings. The lowest BCUT2D eigenvalue weighted by molar-refractivity contribution is 0.283. The summed E-state index contributed by atoms with van der Waals surface area (Å²) < 4.78 is 4.21. The molecule has 2 rings (SSSR count). The van der Waals surface area contributed by atoms with Crippen LogP contribution in [-0.4, -0.2) is 44.4 Å². The van der Waals surface area contributed by atoms with Crippen LogP contribution in [-0.2, 0) is 19.0 Å². The molecule has 5 nitrogen and oxygen atoms in total. The standard InChI is InChI=1S/C13H22ClN5/c1-6-19-13-12(10(3)16-19)15-11(7-14)18(13)8-9(2)17(4)5/h9H,6-8H2,1-5H3. The first-order valence-electron chi connectivity index (χ1n) is 6.64. The van der Waals surface area contributed by atoms with Gasteiger partial charge in [0.2, 0.25) is 0 Å². The molecule has 0 N–H and O–H groups in total. The molecule has 0 aliphatic heterocycles. The molecule has 0 aliphatic rings. The fourth-order valence-electron chi connectivity index (χ4n) is 2.21. The van der Waals surface area contributed by atoms with Crippen LogP contribution in [0, 0.1) is 6.92 Å². The number of nitrogens with zero attached hydrogens (tertiary/aromatic N) is 5. The number of halogens is 1. The minimum absolute atomic E-state index is 0.417. The Morgan fingerprint density at radius 3 is 2.58 bits per heavy atom. The number of hydrogen-bond donors (Lipinski definition) is 0. The average molecular weight is 284 g/mol. The smallest absolute Gasteiger partial charge is 0.159 e. The van der Waals surface area contributed by atoms with Crippen molar-refractivity contribution >= 4 is 22.8 Å². The highest BCUT2D eigenvalue weighted by Crippen LogP contribution is 2.21. The fraction of sp³-hybridized carbons (Fsp3) is 0.692. The molecule has 0 saturated carbocycles. The van der Waals surface area contributed by atoms with Crippen LogP contribution < -0.4 is 0 Å². The van der Waals surface area contributed by atoms with Gasteiger partial charge in [0, 0.05) is 19.1 Å². The monoisotopic (exact) mass is 283 g/mol. The van der Waals surface area contributed by atoms with Crippen LogP contribution in [0.1, 0.15) is 25.4 Å². The molecule has 2 aromatic rings. The molecule has 0 saturated heterocycles. The van der Waals surface area contributed by atoms with Crippen LogP contribution in [0.5, 0.6) is 0 Å². The number of hydrogen-bond acceptors (Lipinski definition) is 3. The van der Waals surface area contributed by atoms with E-state index in [9.17, 15) is 0 Å². The summed E-state index contributed by atoms with van der Waals surface area (Å²) in [6, 6.07) is 0.417. The van der Waals surface area contributed by atoms with Crippen molar-refractivity contribution in [3.8, 4) is 0 Å². The van der Waals surface area contributed by atoms with E-state index in [1.807, 2.05) is 11.6 Å². The van der Waals surface area contributed by atoms with E-state index in [4.69, 9.17) is 11.6 Å². The Balaban J connectivity index is 2.55. The van der Waals surface area contributed by atoms with E-state index in [2.05, 4.69) is 47.5 Å². The Hall–Kier alpha value is -1.07. The summed E-state index contributed by atoms with van der Waals surface area (Å²) in [7, 11) is 4.17. The van der Waals surface area contributed by atoms with Crippen molar-refractivity contribution in [1.29, 1.82) is 0 Å². The van der Waals surface area contributed by atoms with Gasteiger partial charge in [-0.05, 0) is 34.9 Å². The third-order valence-corrected chi connectivity index (χ3v) is 3.86. The van der Waals surface area contributed by atoms with E-state index in [1.165, 1.54) is 0 Å². The lowest BCUT2D eigenvalue weighted by Crippen LogP contribution is -2.30. The highest BCUT2D eigenvalue weighted by atomic mass is 35.5. The van der Waals surface area contributed by atoms with Crippen LogP contribution >= 0.6 is 11.6 Å². The zero-order valence-corrected chi connectivity index (χ0v) is 13.1. The minimum Gasteiger partial charge on any atom is -0.310 e. The maximum Gasteiger partial charge on any atom is 0.159 e. The highest BCUT2D eigenvalue weighted by Gasteiger charge is 2.19. The molecule has 0 bridgehead atoms. The maximum absolute atomic E-state index is 6.04. The van der Waals surface area contributed by atoms with Crippen LogP contribution in [0.15, 0.2) is 0 Å². The Bertz CT molecular complexity index is 569. The number of aryl methyl sites for hydroxylation is 2. The molecule has 0 aromatic carbocycles. The Morgan fingerprint density at radius 2 is 2.05 bits per heavy atom. The molecule has 2 aromatic heterocycles.